The topological polar surface area (TPSA) is 51.2 Å². The zero-order valence-electron chi connectivity index (χ0n) is 13.2. The van der Waals surface area contributed by atoms with E-state index in [1.54, 1.807) is 6.20 Å². The fraction of sp³-hybridized carbons (Fsp3) is 0.158. The number of anilines is 1. The molecule has 0 aliphatic rings. The fourth-order valence-electron chi connectivity index (χ4n) is 2.39. The van der Waals surface area contributed by atoms with E-state index < -0.39 is 0 Å². The van der Waals surface area contributed by atoms with Crippen LogP contribution in [0.25, 0.3) is 10.9 Å². The molecule has 3 rings (SSSR count). The standard InChI is InChI=1S/C19H18N2O2/c1-13-8-9-14(2)16(11-13)21-18(22)12-23-17-7-3-5-15-6-4-10-20-19(15)17/h3-11H,12H2,1-2H3,(H,21,22). The predicted octanol–water partition coefficient (Wildman–Crippen LogP) is 3.87. The van der Waals surface area contributed by atoms with Gasteiger partial charge in [0.1, 0.15) is 11.3 Å². The van der Waals surface area contributed by atoms with Crippen molar-refractivity contribution in [3.8, 4) is 5.75 Å². The van der Waals surface area contributed by atoms with Gasteiger partial charge in [-0.05, 0) is 43.2 Å². The molecule has 1 N–H and O–H groups in total. The van der Waals surface area contributed by atoms with Crippen molar-refractivity contribution in [1.29, 1.82) is 0 Å². The van der Waals surface area contributed by atoms with Crippen LogP contribution in [0.3, 0.4) is 0 Å². The molecule has 0 bridgehead atoms. The van der Waals surface area contributed by atoms with Gasteiger partial charge < -0.3 is 10.1 Å². The minimum Gasteiger partial charge on any atom is -0.481 e. The molecular weight excluding hydrogens is 288 g/mol. The van der Waals surface area contributed by atoms with Crippen molar-refractivity contribution < 1.29 is 9.53 Å². The lowest BCUT2D eigenvalue weighted by Crippen LogP contribution is -2.20. The molecule has 4 nitrogen and oxygen atoms in total. The van der Waals surface area contributed by atoms with Crippen molar-refractivity contribution in [3.63, 3.8) is 0 Å². The van der Waals surface area contributed by atoms with E-state index >= 15 is 0 Å². The van der Waals surface area contributed by atoms with Crippen LogP contribution in [0.5, 0.6) is 5.75 Å². The van der Waals surface area contributed by atoms with Gasteiger partial charge in [0, 0.05) is 17.3 Å². The van der Waals surface area contributed by atoms with Gasteiger partial charge in [0.2, 0.25) is 0 Å². The molecule has 0 fully saturated rings. The molecular formula is C19H18N2O2. The van der Waals surface area contributed by atoms with E-state index in [1.807, 2.05) is 62.4 Å². The summed E-state index contributed by atoms with van der Waals surface area (Å²) in [6.45, 7) is 3.90. The first kappa shape index (κ1) is 15.0. The van der Waals surface area contributed by atoms with E-state index in [2.05, 4.69) is 10.3 Å². The summed E-state index contributed by atoms with van der Waals surface area (Å²) in [6, 6.07) is 15.5. The summed E-state index contributed by atoms with van der Waals surface area (Å²) in [6.07, 6.45) is 1.71. The Morgan fingerprint density at radius 2 is 1.96 bits per heavy atom. The van der Waals surface area contributed by atoms with Crippen molar-refractivity contribution in [3.05, 3.63) is 65.9 Å². The van der Waals surface area contributed by atoms with Gasteiger partial charge in [-0.3, -0.25) is 9.78 Å². The SMILES string of the molecule is Cc1ccc(C)c(NC(=O)COc2cccc3cccnc23)c1. The fourth-order valence-corrected chi connectivity index (χ4v) is 2.39. The third-order valence-corrected chi connectivity index (χ3v) is 3.62. The molecule has 2 aromatic carbocycles. The van der Waals surface area contributed by atoms with E-state index in [4.69, 9.17) is 4.74 Å². The van der Waals surface area contributed by atoms with Gasteiger partial charge in [-0.2, -0.15) is 0 Å². The third-order valence-electron chi connectivity index (χ3n) is 3.62. The number of rotatable bonds is 4. The molecule has 1 aromatic heterocycles. The second-order valence-electron chi connectivity index (χ2n) is 5.49. The number of ether oxygens (including phenoxy) is 1. The van der Waals surface area contributed by atoms with Crippen molar-refractivity contribution >= 4 is 22.5 Å². The van der Waals surface area contributed by atoms with Crippen LogP contribution in [-0.4, -0.2) is 17.5 Å². The highest BCUT2D eigenvalue weighted by atomic mass is 16.5. The number of carbonyl (C=O) groups is 1. The van der Waals surface area contributed by atoms with Crippen LogP contribution in [0.15, 0.2) is 54.7 Å². The van der Waals surface area contributed by atoms with Gasteiger partial charge in [-0.25, -0.2) is 0 Å². The Bertz CT molecular complexity index is 854. The lowest BCUT2D eigenvalue weighted by Gasteiger charge is -2.11. The molecule has 1 amide bonds. The van der Waals surface area contributed by atoms with Crippen LogP contribution in [0, 0.1) is 13.8 Å². The minimum absolute atomic E-state index is 0.0525. The molecule has 23 heavy (non-hydrogen) atoms. The highest BCUT2D eigenvalue weighted by molar-refractivity contribution is 5.93. The van der Waals surface area contributed by atoms with Gasteiger partial charge >= 0.3 is 0 Å². The number of aromatic nitrogens is 1. The van der Waals surface area contributed by atoms with Crippen LogP contribution in [0.4, 0.5) is 5.69 Å². The molecule has 0 saturated carbocycles. The van der Waals surface area contributed by atoms with E-state index in [0.717, 1.165) is 27.7 Å². The number of hydrogen-bond donors (Lipinski definition) is 1. The average Bonchev–Trinajstić information content (AvgIpc) is 2.56. The third kappa shape index (κ3) is 3.48. The van der Waals surface area contributed by atoms with Gasteiger partial charge in [-0.15, -0.1) is 0 Å². The van der Waals surface area contributed by atoms with Crippen molar-refractivity contribution in [2.45, 2.75) is 13.8 Å². The van der Waals surface area contributed by atoms with E-state index in [1.165, 1.54) is 0 Å². The summed E-state index contributed by atoms with van der Waals surface area (Å²) in [4.78, 5) is 16.4. The number of nitrogens with one attached hydrogen (secondary N) is 1. The number of amides is 1. The Morgan fingerprint density at radius 1 is 1.13 bits per heavy atom. The Labute approximate surface area is 135 Å². The molecule has 0 unspecified atom stereocenters. The Balaban J connectivity index is 1.70. The molecule has 1 heterocycles. The summed E-state index contributed by atoms with van der Waals surface area (Å²) in [5.41, 5.74) is 3.70. The quantitative estimate of drug-likeness (QED) is 0.796. The number of benzene rings is 2. The van der Waals surface area contributed by atoms with Crippen LogP contribution in [-0.2, 0) is 4.79 Å². The minimum atomic E-state index is -0.188. The van der Waals surface area contributed by atoms with Gasteiger partial charge in [0.05, 0.1) is 0 Å². The second-order valence-corrected chi connectivity index (χ2v) is 5.49. The summed E-state index contributed by atoms with van der Waals surface area (Å²) in [5.74, 6) is 0.422. The molecule has 3 aromatic rings. The summed E-state index contributed by atoms with van der Waals surface area (Å²) < 4.78 is 5.65. The molecule has 0 saturated heterocycles. The van der Waals surface area contributed by atoms with Crippen LogP contribution >= 0.6 is 0 Å². The van der Waals surface area contributed by atoms with Gasteiger partial charge in [0.25, 0.3) is 5.91 Å². The van der Waals surface area contributed by atoms with Crippen LogP contribution in [0.1, 0.15) is 11.1 Å². The van der Waals surface area contributed by atoms with Crippen LogP contribution < -0.4 is 10.1 Å². The lowest BCUT2D eigenvalue weighted by atomic mass is 10.1. The molecule has 0 aliphatic carbocycles. The molecule has 4 heteroatoms. The molecule has 0 aliphatic heterocycles. The molecule has 0 spiro atoms. The number of fused-ring (bicyclic) bond motifs is 1. The Hall–Kier alpha value is -2.88. The van der Waals surface area contributed by atoms with Gasteiger partial charge in [0.15, 0.2) is 6.61 Å². The molecule has 116 valence electrons. The summed E-state index contributed by atoms with van der Waals surface area (Å²) in [7, 11) is 0. The average molecular weight is 306 g/mol. The van der Waals surface area contributed by atoms with E-state index in [-0.39, 0.29) is 12.5 Å². The predicted molar refractivity (Wildman–Crippen MR) is 91.8 cm³/mol. The highest BCUT2D eigenvalue weighted by Gasteiger charge is 2.08. The monoisotopic (exact) mass is 306 g/mol. The number of hydrogen-bond acceptors (Lipinski definition) is 3. The zero-order valence-corrected chi connectivity index (χ0v) is 13.2. The Morgan fingerprint density at radius 3 is 2.83 bits per heavy atom. The molecule has 0 radical (unpaired) electrons. The maximum atomic E-state index is 12.1. The maximum Gasteiger partial charge on any atom is 0.262 e. The normalized spacial score (nSPS) is 10.5. The largest absolute Gasteiger partial charge is 0.481 e. The smallest absolute Gasteiger partial charge is 0.262 e. The van der Waals surface area contributed by atoms with Crippen molar-refractivity contribution in [2.24, 2.45) is 0 Å². The number of aryl methyl sites for hydroxylation is 2. The summed E-state index contributed by atoms with van der Waals surface area (Å²) >= 11 is 0. The number of carbonyl (C=O) groups excluding carboxylic acids is 1. The first-order chi connectivity index (χ1) is 11.1. The molecule has 0 atom stereocenters. The maximum absolute atomic E-state index is 12.1. The van der Waals surface area contributed by atoms with E-state index in [9.17, 15) is 4.79 Å². The number of pyridine rings is 1. The first-order valence-electron chi connectivity index (χ1n) is 7.47. The zero-order chi connectivity index (χ0) is 16.2. The number of para-hydroxylation sites is 1. The Kier molecular flexibility index (Phi) is 4.24. The first-order valence-corrected chi connectivity index (χ1v) is 7.47. The van der Waals surface area contributed by atoms with Crippen molar-refractivity contribution in [2.75, 3.05) is 11.9 Å². The number of nitrogens with zero attached hydrogens (tertiary/aromatic N) is 1. The van der Waals surface area contributed by atoms with E-state index in [0.29, 0.717) is 5.75 Å². The lowest BCUT2D eigenvalue weighted by molar-refractivity contribution is -0.118. The second kappa shape index (κ2) is 6.48. The van der Waals surface area contributed by atoms with Gasteiger partial charge in [-0.1, -0.05) is 30.3 Å². The summed E-state index contributed by atoms with van der Waals surface area (Å²) in [5, 5.41) is 3.87. The van der Waals surface area contributed by atoms with Crippen molar-refractivity contribution in [1.82, 2.24) is 4.98 Å². The highest BCUT2D eigenvalue weighted by Crippen LogP contribution is 2.23. The van der Waals surface area contributed by atoms with Crippen LogP contribution in [0.2, 0.25) is 0 Å².